The normalized spacial score (nSPS) is 22.6. The molecule has 7 nitrogen and oxygen atoms in total. The fourth-order valence-electron chi connectivity index (χ4n) is 1.96. The molecule has 0 saturated carbocycles. The molecule has 1 aromatic rings. The standard InChI is InChI=1S/C12H17N5O2/c1-3-12(2)10(18)17(11(19)15-12)7-8-4-5-14-9(6-8)16-13/h4-6H,3,7,13H2,1-2H3,(H,14,16)(H,15,19). The van der Waals surface area contributed by atoms with Crippen LogP contribution in [0.1, 0.15) is 25.8 Å². The van der Waals surface area contributed by atoms with Crippen molar-refractivity contribution in [1.82, 2.24) is 15.2 Å². The highest BCUT2D eigenvalue weighted by Crippen LogP contribution is 2.22. The number of rotatable bonds is 4. The topological polar surface area (TPSA) is 100 Å². The SMILES string of the molecule is CCC1(C)NC(=O)N(Cc2ccnc(NN)c2)C1=O. The van der Waals surface area contributed by atoms with Gasteiger partial charge in [-0.05, 0) is 31.0 Å². The van der Waals surface area contributed by atoms with Crippen LogP contribution in [0.5, 0.6) is 0 Å². The molecule has 0 spiro atoms. The van der Waals surface area contributed by atoms with Crippen LogP contribution in [0.3, 0.4) is 0 Å². The fraction of sp³-hybridized carbons (Fsp3) is 0.417. The first-order valence-corrected chi connectivity index (χ1v) is 6.06. The molecular formula is C12H17N5O2. The van der Waals surface area contributed by atoms with Crippen molar-refractivity contribution in [2.24, 2.45) is 5.84 Å². The summed E-state index contributed by atoms with van der Waals surface area (Å²) in [6.45, 7) is 3.80. The van der Waals surface area contributed by atoms with Crippen molar-refractivity contribution >= 4 is 17.8 Å². The number of imide groups is 1. The average Bonchev–Trinajstić information content (AvgIpc) is 2.63. The van der Waals surface area contributed by atoms with Gasteiger partial charge in [-0.2, -0.15) is 0 Å². The van der Waals surface area contributed by atoms with E-state index in [0.717, 1.165) is 5.56 Å². The summed E-state index contributed by atoms with van der Waals surface area (Å²) in [6.07, 6.45) is 2.13. The molecule has 2 rings (SSSR count). The molecule has 1 atom stereocenters. The molecule has 102 valence electrons. The molecule has 2 heterocycles. The van der Waals surface area contributed by atoms with Gasteiger partial charge in [0.1, 0.15) is 11.4 Å². The minimum Gasteiger partial charge on any atom is -0.323 e. The molecule has 0 radical (unpaired) electrons. The Bertz CT molecular complexity index is 519. The van der Waals surface area contributed by atoms with Gasteiger partial charge in [-0.3, -0.25) is 9.69 Å². The lowest BCUT2D eigenvalue weighted by Gasteiger charge is -2.19. The summed E-state index contributed by atoms with van der Waals surface area (Å²) in [4.78, 5) is 29.3. The Morgan fingerprint density at radius 3 is 2.84 bits per heavy atom. The summed E-state index contributed by atoms with van der Waals surface area (Å²) in [5, 5.41) is 2.71. The number of carbonyl (C=O) groups is 2. The first kappa shape index (κ1) is 13.3. The zero-order chi connectivity index (χ0) is 14.0. The average molecular weight is 263 g/mol. The van der Waals surface area contributed by atoms with E-state index in [-0.39, 0.29) is 18.5 Å². The molecule has 4 N–H and O–H groups in total. The van der Waals surface area contributed by atoms with Crippen molar-refractivity contribution in [3.63, 3.8) is 0 Å². The third-order valence-electron chi connectivity index (χ3n) is 3.37. The second-order valence-corrected chi connectivity index (χ2v) is 4.70. The van der Waals surface area contributed by atoms with E-state index in [1.165, 1.54) is 4.90 Å². The molecule has 0 aliphatic carbocycles. The highest BCUT2D eigenvalue weighted by atomic mass is 16.2. The Kier molecular flexibility index (Phi) is 3.39. The molecule has 1 aromatic heterocycles. The van der Waals surface area contributed by atoms with Crippen molar-refractivity contribution in [3.05, 3.63) is 23.9 Å². The summed E-state index contributed by atoms with van der Waals surface area (Å²) >= 11 is 0. The van der Waals surface area contributed by atoms with Crippen LogP contribution in [0.2, 0.25) is 0 Å². The molecule has 0 bridgehead atoms. The molecule has 3 amide bonds. The Hall–Kier alpha value is -2.15. The Labute approximate surface area is 111 Å². The predicted octanol–water partition coefficient (Wildman–Crippen LogP) is 0.588. The van der Waals surface area contributed by atoms with Crippen molar-refractivity contribution in [1.29, 1.82) is 0 Å². The second-order valence-electron chi connectivity index (χ2n) is 4.70. The monoisotopic (exact) mass is 263 g/mol. The van der Waals surface area contributed by atoms with E-state index in [4.69, 9.17) is 5.84 Å². The molecule has 0 aromatic carbocycles. The highest BCUT2D eigenvalue weighted by molar-refractivity contribution is 6.06. The Morgan fingerprint density at radius 1 is 1.53 bits per heavy atom. The van der Waals surface area contributed by atoms with Gasteiger partial charge in [0, 0.05) is 6.20 Å². The van der Waals surface area contributed by atoms with Crippen molar-refractivity contribution in [3.8, 4) is 0 Å². The van der Waals surface area contributed by atoms with E-state index in [1.54, 1.807) is 25.3 Å². The van der Waals surface area contributed by atoms with Crippen LogP contribution in [0.15, 0.2) is 18.3 Å². The van der Waals surface area contributed by atoms with Gasteiger partial charge >= 0.3 is 6.03 Å². The third kappa shape index (κ3) is 2.37. The van der Waals surface area contributed by atoms with Crippen molar-refractivity contribution < 1.29 is 9.59 Å². The Morgan fingerprint density at radius 2 is 2.26 bits per heavy atom. The van der Waals surface area contributed by atoms with Gasteiger partial charge in [0.2, 0.25) is 0 Å². The largest absolute Gasteiger partial charge is 0.325 e. The van der Waals surface area contributed by atoms with E-state index in [1.807, 2.05) is 6.92 Å². The first-order valence-electron chi connectivity index (χ1n) is 6.06. The molecule has 19 heavy (non-hydrogen) atoms. The second kappa shape index (κ2) is 4.85. The molecule has 7 heteroatoms. The summed E-state index contributed by atoms with van der Waals surface area (Å²) in [6, 6.07) is 3.07. The van der Waals surface area contributed by atoms with E-state index < -0.39 is 5.54 Å². The van der Waals surface area contributed by atoms with Gasteiger partial charge in [-0.1, -0.05) is 6.92 Å². The molecule has 1 saturated heterocycles. The van der Waals surface area contributed by atoms with Crippen LogP contribution in [-0.4, -0.2) is 27.4 Å². The van der Waals surface area contributed by atoms with E-state index >= 15 is 0 Å². The third-order valence-corrected chi connectivity index (χ3v) is 3.37. The van der Waals surface area contributed by atoms with Crippen molar-refractivity contribution in [2.75, 3.05) is 5.43 Å². The van der Waals surface area contributed by atoms with Gasteiger partial charge in [0.05, 0.1) is 6.54 Å². The number of aromatic nitrogens is 1. The zero-order valence-electron chi connectivity index (χ0n) is 10.9. The minimum atomic E-state index is -0.806. The number of amides is 3. The van der Waals surface area contributed by atoms with Crippen LogP contribution in [0.4, 0.5) is 10.6 Å². The highest BCUT2D eigenvalue weighted by Gasteiger charge is 2.46. The summed E-state index contributed by atoms with van der Waals surface area (Å²) in [5.74, 6) is 5.55. The van der Waals surface area contributed by atoms with Gasteiger partial charge in [-0.25, -0.2) is 15.6 Å². The van der Waals surface area contributed by atoms with Crippen LogP contribution >= 0.6 is 0 Å². The van der Waals surface area contributed by atoms with Gasteiger partial charge in [-0.15, -0.1) is 0 Å². The molecular weight excluding hydrogens is 246 g/mol. The molecule has 1 unspecified atom stereocenters. The minimum absolute atomic E-state index is 0.206. The fourth-order valence-corrected chi connectivity index (χ4v) is 1.96. The number of urea groups is 1. The van der Waals surface area contributed by atoms with Gasteiger partial charge in [0.15, 0.2) is 0 Å². The Balaban J connectivity index is 2.19. The van der Waals surface area contributed by atoms with Crippen molar-refractivity contribution in [2.45, 2.75) is 32.4 Å². The molecule has 1 aliphatic rings. The first-order chi connectivity index (χ1) is 9.00. The lowest BCUT2D eigenvalue weighted by molar-refractivity contribution is -0.131. The lowest BCUT2D eigenvalue weighted by Crippen LogP contribution is -2.43. The number of hydrogen-bond acceptors (Lipinski definition) is 5. The quantitative estimate of drug-likeness (QED) is 0.419. The maximum absolute atomic E-state index is 12.2. The number of anilines is 1. The van der Waals surface area contributed by atoms with E-state index in [9.17, 15) is 9.59 Å². The van der Waals surface area contributed by atoms with Gasteiger partial charge in [0.25, 0.3) is 5.91 Å². The van der Waals surface area contributed by atoms with Crippen LogP contribution in [-0.2, 0) is 11.3 Å². The van der Waals surface area contributed by atoms with Crippen LogP contribution in [0, 0.1) is 0 Å². The molecule has 1 fully saturated rings. The summed E-state index contributed by atoms with van der Waals surface area (Å²) < 4.78 is 0. The van der Waals surface area contributed by atoms with E-state index in [0.29, 0.717) is 12.2 Å². The molecule has 1 aliphatic heterocycles. The number of nitrogen functional groups attached to an aromatic ring is 1. The lowest BCUT2D eigenvalue weighted by atomic mass is 9.99. The maximum Gasteiger partial charge on any atom is 0.325 e. The number of hydrazine groups is 1. The maximum atomic E-state index is 12.2. The zero-order valence-corrected chi connectivity index (χ0v) is 10.9. The number of nitrogens with two attached hydrogens (primary N) is 1. The van der Waals surface area contributed by atoms with E-state index in [2.05, 4.69) is 15.7 Å². The number of nitrogens with zero attached hydrogens (tertiary/aromatic N) is 2. The smallest absolute Gasteiger partial charge is 0.323 e. The predicted molar refractivity (Wildman–Crippen MR) is 69.8 cm³/mol. The number of carbonyl (C=O) groups excluding carboxylic acids is 2. The van der Waals surface area contributed by atoms with Crippen LogP contribution in [0.25, 0.3) is 0 Å². The van der Waals surface area contributed by atoms with Crippen LogP contribution < -0.4 is 16.6 Å². The van der Waals surface area contributed by atoms with Gasteiger partial charge < -0.3 is 10.7 Å². The number of nitrogens with one attached hydrogen (secondary N) is 2. The summed E-state index contributed by atoms with van der Waals surface area (Å²) in [7, 11) is 0. The summed E-state index contributed by atoms with van der Waals surface area (Å²) in [5.41, 5.74) is 2.40. The number of pyridine rings is 1. The number of hydrogen-bond donors (Lipinski definition) is 3.